The molecule has 1 radical (unpaired) electrons. The van der Waals surface area contributed by atoms with Crippen LogP contribution in [0.3, 0.4) is 0 Å². The van der Waals surface area contributed by atoms with Gasteiger partial charge < -0.3 is 5.32 Å². The summed E-state index contributed by atoms with van der Waals surface area (Å²) in [4.78, 5) is 0. The number of benzene rings is 2. The molecule has 0 bridgehead atoms. The second kappa shape index (κ2) is 5.26. The smallest absolute Gasteiger partial charge is 0.378 e. The molecule has 21 heavy (non-hydrogen) atoms. The zero-order valence-electron chi connectivity index (χ0n) is 11.0. The van der Waals surface area contributed by atoms with Crippen molar-refractivity contribution in [1.29, 1.82) is 0 Å². The van der Waals surface area contributed by atoms with Crippen LogP contribution in [0.15, 0.2) is 36.4 Å². The van der Waals surface area contributed by atoms with E-state index in [0.717, 1.165) is 24.5 Å². The number of hydrogen-bond acceptors (Lipinski definition) is 1. The summed E-state index contributed by atoms with van der Waals surface area (Å²) in [6, 6.07) is 12.2. The number of hydrogen-bond donors (Lipinski definition) is 1. The van der Waals surface area contributed by atoms with Crippen molar-refractivity contribution in [3.05, 3.63) is 64.2 Å². The Morgan fingerprint density at radius 1 is 1.24 bits per heavy atom. The highest BCUT2D eigenvalue weighted by atomic mass is 35.5. The predicted molar refractivity (Wildman–Crippen MR) is 76.4 cm³/mol. The van der Waals surface area contributed by atoms with E-state index in [1.165, 1.54) is 11.6 Å². The van der Waals surface area contributed by atoms with Gasteiger partial charge in [-0.05, 0) is 36.1 Å². The molecule has 2 aromatic rings. The van der Waals surface area contributed by atoms with E-state index in [-0.39, 0.29) is 16.8 Å². The first-order valence-electron chi connectivity index (χ1n) is 6.58. The van der Waals surface area contributed by atoms with Crippen LogP contribution in [0.1, 0.15) is 29.2 Å². The highest BCUT2D eigenvalue weighted by Crippen LogP contribution is 2.40. The molecule has 2 aromatic carbocycles. The summed E-state index contributed by atoms with van der Waals surface area (Å²) in [5.74, 6) is 0. The van der Waals surface area contributed by atoms with Crippen LogP contribution in [0.5, 0.6) is 0 Å². The zero-order chi connectivity index (χ0) is 15.0. The quantitative estimate of drug-likeness (QED) is 0.798. The molecule has 1 unspecified atom stereocenters. The third-order valence-corrected chi connectivity index (χ3v) is 3.90. The van der Waals surface area contributed by atoms with Gasteiger partial charge >= 0.3 is 6.18 Å². The van der Waals surface area contributed by atoms with Gasteiger partial charge in [-0.1, -0.05) is 35.9 Å². The molecule has 1 aliphatic rings. The van der Waals surface area contributed by atoms with E-state index >= 15 is 0 Å². The van der Waals surface area contributed by atoms with Crippen molar-refractivity contribution in [2.24, 2.45) is 0 Å². The maximum atomic E-state index is 13.0. The minimum absolute atomic E-state index is 0.00736. The number of nitrogens with one attached hydrogen (secondary N) is 1. The third kappa shape index (κ3) is 2.86. The lowest BCUT2D eigenvalue weighted by Crippen LogP contribution is -2.14. The van der Waals surface area contributed by atoms with E-state index in [1.807, 2.05) is 24.3 Å². The Balaban J connectivity index is 1.94. The number of halogens is 4. The van der Waals surface area contributed by atoms with Gasteiger partial charge in [0.05, 0.1) is 16.6 Å². The summed E-state index contributed by atoms with van der Waals surface area (Å²) in [6.45, 7) is 0. The lowest BCUT2D eigenvalue weighted by atomic mass is 10.1. The van der Waals surface area contributed by atoms with Crippen molar-refractivity contribution in [3.63, 3.8) is 0 Å². The molecule has 0 aromatic heterocycles. The molecule has 3 rings (SSSR count). The Morgan fingerprint density at radius 2 is 2.00 bits per heavy atom. The van der Waals surface area contributed by atoms with Crippen LogP contribution in [0.2, 0.25) is 5.02 Å². The van der Waals surface area contributed by atoms with E-state index in [9.17, 15) is 13.2 Å². The Labute approximate surface area is 125 Å². The number of alkyl halides is 3. The third-order valence-electron chi connectivity index (χ3n) is 3.68. The van der Waals surface area contributed by atoms with Gasteiger partial charge in [-0.2, -0.15) is 13.2 Å². The molecule has 0 saturated carbocycles. The topological polar surface area (TPSA) is 12.0 Å². The molecule has 1 N–H and O–H groups in total. The fourth-order valence-electron chi connectivity index (χ4n) is 2.71. The number of anilines is 1. The second-order valence-electron chi connectivity index (χ2n) is 5.04. The van der Waals surface area contributed by atoms with Gasteiger partial charge in [-0.15, -0.1) is 0 Å². The van der Waals surface area contributed by atoms with Gasteiger partial charge in [-0.25, -0.2) is 0 Å². The Hall–Kier alpha value is -1.68. The van der Waals surface area contributed by atoms with Gasteiger partial charge in [0, 0.05) is 11.8 Å². The summed E-state index contributed by atoms with van der Waals surface area (Å²) < 4.78 is 39.1. The van der Waals surface area contributed by atoms with Gasteiger partial charge in [0.1, 0.15) is 0 Å². The number of rotatable bonds is 2. The highest BCUT2D eigenvalue weighted by Gasteiger charge is 2.34. The molecule has 1 aliphatic carbocycles. The van der Waals surface area contributed by atoms with Crippen LogP contribution in [0.4, 0.5) is 18.9 Å². The van der Waals surface area contributed by atoms with Crippen molar-refractivity contribution in [2.45, 2.75) is 25.1 Å². The summed E-state index contributed by atoms with van der Waals surface area (Å²) in [7, 11) is 0. The van der Waals surface area contributed by atoms with Crippen LogP contribution in [-0.4, -0.2) is 0 Å². The predicted octanol–water partition coefficient (Wildman–Crippen LogP) is 5.26. The minimum atomic E-state index is -4.43. The highest BCUT2D eigenvalue weighted by molar-refractivity contribution is 6.30. The molecular weight excluding hydrogens is 299 g/mol. The normalized spacial score (nSPS) is 17.6. The molecule has 1 nitrogen and oxygen atoms in total. The number of fused-ring (bicyclic) bond motifs is 1. The molecule has 0 fully saturated rings. The average molecular weight is 311 g/mol. The van der Waals surface area contributed by atoms with E-state index in [4.69, 9.17) is 11.6 Å². The Kier molecular flexibility index (Phi) is 3.57. The van der Waals surface area contributed by atoms with Crippen molar-refractivity contribution >= 4 is 17.3 Å². The summed E-state index contributed by atoms with van der Waals surface area (Å²) in [5, 5.41) is 3.15. The van der Waals surface area contributed by atoms with E-state index in [1.54, 1.807) is 0 Å². The first-order valence-corrected chi connectivity index (χ1v) is 6.96. The fraction of sp³-hybridized carbons (Fsp3) is 0.250. The summed E-state index contributed by atoms with van der Waals surface area (Å²) in [5.41, 5.74) is 1.50. The summed E-state index contributed by atoms with van der Waals surface area (Å²) >= 11 is 5.79. The zero-order valence-corrected chi connectivity index (χ0v) is 11.7. The molecule has 0 aliphatic heterocycles. The van der Waals surface area contributed by atoms with Gasteiger partial charge in [0.25, 0.3) is 0 Å². The molecular formula is C16H12ClF3N. The van der Waals surface area contributed by atoms with Crippen LogP contribution in [-0.2, 0) is 12.6 Å². The average Bonchev–Trinajstić information content (AvgIpc) is 2.81. The molecule has 5 heteroatoms. The molecule has 0 saturated heterocycles. The molecule has 109 valence electrons. The Morgan fingerprint density at radius 3 is 2.76 bits per heavy atom. The SMILES string of the molecule is FC(F)(F)c1c[c]c(Cl)cc1NC1CCc2ccccc21. The van der Waals surface area contributed by atoms with Gasteiger partial charge in [0.2, 0.25) is 0 Å². The van der Waals surface area contributed by atoms with Crippen molar-refractivity contribution < 1.29 is 13.2 Å². The van der Waals surface area contributed by atoms with E-state index in [2.05, 4.69) is 11.4 Å². The molecule has 0 heterocycles. The van der Waals surface area contributed by atoms with Crippen LogP contribution in [0.25, 0.3) is 0 Å². The van der Waals surface area contributed by atoms with Crippen molar-refractivity contribution in [3.8, 4) is 0 Å². The first-order chi connectivity index (χ1) is 9.95. The number of aryl methyl sites for hydroxylation is 1. The molecule has 0 amide bonds. The lowest BCUT2D eigenvalue weighted by molar-refractivity contribution is -0.137. The van der Waals surface area contributed by atoms with Crippen molar-refractivity contribution in [1.82, 2.24) is 0 Å². The Bertz CT molecular complexity index is 667. The standard InChI is InChI=1S/C16H12ClF3N/c17-11-6-7-13(16(18,19)20)15(9-11)21-14-8-5-10-3-1-2-4-12(10)14/h1-4,7,9,14,21H,5,8H2. The minimum Gasteiger partial charge on any atom is -0.378 e. The summed E-state index contributed by atoms with van der Waals surface area (Å²) in [6.07, 6.45) is -2.80. The molecule has 1 atom stereocenters. The fourth-order valence-corrected chi connectivity index (χ4v) is 2.88. The second-order valence-corrected chi connectivity index (χ2v) is 5.45. The van der Waals surface area contributed by atoms with Gasteiger partial charge in [0.15, 0.2) is 0 Å². The molecule has 0 spiro atoms. The lowest BCUT2D eigenvalue weighted by Gasteiger charge is -2.20. The van der Waals surface area contributed by atoms with Gasteiger partial charge in [-0.3, -0.25) is 0 Å². The monoisotopic (exact) mass is 310 g/mol. The van der Waals surface area contributed by atoms with Crippen LogP contribution < -0.4 is 5.32 Å². The maximum Gasteiger partial charge on any atom is 0.418 e. The van der Waals surface area contributed by atoms with Crippen LogP contribution in [0, 0.1) is 6.07 Å². The van der Waals surface area contributed by atoms with E-state index in [0.29, 0.717) is 0 Å². The first kappa shape index (κ1) is 14.3. The largest absolute Gasteiger partial charge is 0.418 e. The van der Waals surface area contributed by atoms with Crippen LogP contribution >= 0.6 is 11.6 Å². The van der Waals surface area contributed by atoms with E-state index < -0.39 is 11.7 Å². The van der Waals surface area contributed by atoms with Crippen molar-refractivity contribution in [2.75, 3.05) is 5.32 Å². The maximum absolute atomic E-state index is 13.0.